The summed E-state index contributed by atoms with van der Waals surface area (Å²) in [6.45, 7) is 6.31. The van der Waals surface area contributed by atoms with Crippen molar-refractivity contribution in [3.05, 3.63) is 29.5 Å². The Kier molecular flexibility index (Phi) is 3.79. The first-order valence-electron chi connectivity index (χ1n) is 6.50. The predicted molar refractivity (Wildman–Crippen MR) is 76.4 cm³/mol. The first-order chi connectivity index (χ1) is 9.06. The largest absolute Gasteiger partial charge is 0.496 e. The third-order valence-corrected chi connectivity index (χ3v) is 3.16. The summed E-state index contributed by atoms with van der Waals surface area (Å²) < 4.78 is 10.9. The highest BCUT2D eigenvalue weighted by Gasteiger charge is 2.15. The second-order valence-corrected chi connectivity index (χ2v) is 4.79. The van der Waals surface area contributed by atoms with Crippen molar-refractivity contribution < 1.29 is 9.15 Å². The highest BCUT2D eigenvalue weighted by Crippen LogP contribution is 2.33. The van der Waals surface area contributed by atoms with Gasteiger partial charge in [0.1, 0.15) is 5.75 Å². The third kappa shape index (κ3) is 2.57. The Balaban J connectivity index is 2.53. The minimum Gasteiger partial charge on any atom is -0.496 e. The van der Waals surface area contributed by atoms with E-state index in [2.05, 4.69) is 24.9 Å². The molecular weight excluding hydrogens is 240 g/mol. The molecule has 0 aliphatic heterocycles. The molecule has 2 rings (SSSR count). The average Bonchev–Trinajstić information content (AvgIpc) is 2.79. The molecule has 1 heterocycles. The maximum absolute atomic E-state index is 5.64. The minimum absolute atomic E-state index is 0.216. The fourth-order valence-corrected chi connectivity index (χ4v) is 2.16. The third-order valence-electron chi connectivity index (χ3n) is 3.16. The summed E-state index contributed by atoms with van der Waals surface area (Å²) in [6.07, 6.45) is 0.791. The summed E-state index contributed by atoms with van der Waals surface area (Å²) in [5.74, 6) is 2.02. The van der Waals surface area contributed by atoms with Crippen molar-refractivity contribution in [1.82, 2.24) is 4.98 Å². The molecule has 0 saturated heterocycles. The van der Waals surface area contributed by atoms with Gasteiger partial charge >= 0.3 is 0 Å². The lowest BCUT2D eigenvalue weighted by atomic mass is 9.98. The van der Waals surface area contributed by atoms with E-state index in [-0.39, 0.29) is 6.01 Å². The van der Waals surface area contributed by atoms with Gasteiger partial charge in [-0.05, 0) is 36.1 Å². The number of benzene rings is 1. The second-order valence-electron chi connectivity index (χ2n) is 4.79. The summed E-state index contributed by atoms with van der Waals surface area (Å²) in [5.41, 5.74) is 8.67. The number of methoxy groups -OCH3 is 1. The van der Waals surface area contributed by atoms with Gasteiger partial charge in [0.2, 0.25) is 0 Å². The molecule has 4 heteroatoms. The highest BCUT2D eigenvalue weighted by molar-refractivity contribution is 5.64. The van der Waals surface area contributed by atoms with Crippen LogP contribution in [0.2, 0.25) is 0 Å². The molecule has 0 unspecified atom stereocenters. The van der Waals surface area contributed by atoms with E-state index in [0.29, 0.717) is 5.92 Å². The van der Waals surface area contributed by atoms with E-state index in [9.17, 15) is 0 Å². The van der Waals surface area contributed by atoms with Crippen LogP contribution in [0.4, 0.5) is 6.01 Å². The van der Waals surface area contributed by atoms with Crippen LogP contribution in [-0.4, -0.2) is 12.1 Å². The number of aromatic nitrogens is 1. The number of ether oxygens (including phenoxy) is 1. The average molecular weight is 260 g/mol. The zero-order valence-corrected chi connectivity index (χ0v) is 11.9. The van der Waals surface area contributed by atoms with E-state index in [4.69, 9.17) is 14.9 Å². The van der Waals surface area contributed by atoms with Crippen LogP contribution in [0.3, 0.4) is 0 Å². The van der Waals surface area contributed by atoms with Crippen LogP contribution < -0.4 is 10.5 Å². The van der Waals surface area contributed by atoms with Crippen LogP contribution in [0.15, 0.2) is 22.6 Å². The molecule has 2 aromatic rings. The molecule has 0 atom stereocenters. The molecule has 0 aliphatic carbocycles. The van der Waals surface area contributed by atoms with Crippen molar-refractivity contribution in [2.75, 3.05) is 12.8 Å². The molecular formula is C15H20N2O2. The van der Waals surface area contributed by atoms with Crippen molar-refractivity contribution >= 4 is 6.01 Å². The van der Waals surface area contributed by atoms with E-state index in [0.717, 1.165) is 34.8 Å². The van der Waals surface area contributed by atoms with Gasteiger partial charge in [-0.1, -0.05) is 20.8 Å². The number of nitrogens with zero attached hydrogens (tertiary/aromatic N) is 1. The molecule has 0 saturated carbocycles. The van der Waals surface area contributed by atoms with E-state index in [1.165, 1.54) is 0 Å². The molecule has 0 fully saturated rings. The Labute approximate surface area is 113 Å². The second kappa shape index (κ2) is 5.34. The number of oxazole rings is 1. The van der Waals surface area contributed by atoms with Crippen LogP contribution in [0.25, 0.3) is 11.3 Å². The molecule has 0 amide bonds. The molecule has 1 aromatic heterocycles. The van der Waals surface area contributed by atoms with Gasteiger partial charge in [-0.25, -0.2) is 0 Å². The van der Waals surface area contributed by atoms with Crippen molar-refractivity contribution in [3.63, 3.8) is 0 Å². The molecule has 0 radical (unpaired) electrons. The Morgan fingerprint density at radius 1 is 1.37 bits per heavy atom. The summed E-state index contributed by atoms with van der Waals surface area (Å²) in [5, 5.41) is 0. The lowest BCUT2D eigenvalue weighted by Gasteiger charge is -2.13. The van der Waals surface area contributed by atoms with Crippen LogP contribution in [0.5, 0.6) is 5.75 Å². The molecule has 0 spiro atoms. The molecule has 0 bridgehead atoms. The van der Waals surface area contributed by atoms with Crippen molar-refractivity contribution in [1.29, 1.82) is 0 Å². The number of anilines is 1. The standard InChI is InChI=1S/C15H20N2O2/c1-5-12-14(19-15(16)17-12)10-6-7-13(18-4)11(8-10)9(2)3/h6-9H,5H2,1-4H3,(H2,16,17). The molecule has 19 heavy (non-hydrogen) atoms. The van der Waals surface area contributed by atoms with Gasteiger partial charge in [-0.3, -0.25) is 0 Å². The van der Waals surface area contributed by atoms with E-state index in [1.807, 2.05) is 19.1 Å². The molecule has 4 nitrogen and oxygen atoms in total. The number of nitrogen functional groups attached to an aromatic ring is 1. The topological polar surface area (TPSA) is 61.3 Å². The Hall–Kier alpha value is -1.97. The lowest BCUT2D eigenvalue weighted by molar-refractivity contribution is 0.407. The van der Waals surface area contributed by atoms with Gasteiger partial charge in [-0.15, -0.1) is 0 Å². The molecule has 2 N–H and O–H groups in total. The Morgan fingerprint density at radius 3 is 2.68 bits per heavy atom. The zero-order chi connectivity index (χ0) is 14.0. The fourth-order valence-electron chi connectivity index (χ4n) is 2.16. The quantitative estimate of drug-likeness (QED) is 0.912. The first kappa shape index (κ1) is 13.5. The summed E-state index contributed by atoms with van der Waals surface area (Å²) in [7, 11) is 1.69. The van der Waals surface area contributed by atoms with E-state index < -0.39 is 0 Å². The number of hydrogen-bond donors (Lipinski definition) is 1. The summed E-state index contributed by atoms with van der Waals surface area (Å²) >= 11 is 0. The van der Waals surface area contributed by atoms with Gasteiger partial charge in [0, 0.05) is 5.56 Å². The van der Waals surface area contributed by atoms with Crippen LogP contribution in [-0.2, 0) is 6.42 Å². The predicted octanol–water partition coefficient (Wildman–Crippen LogP) is 3.62. The van der Waals surface area contributed by atoms with Gasteiger partial charge < -0.3 is 14.9 Å². The first-order valence-corrected chi connectivity index (χ1v) is 6.50. The Morgan fingerprint density at radius 2 is 2.11 bits per heavy atom. The maximum Gasteiger partial charge on any atom is 0.292 e. The van der Waals surface area contributed by atoms with Crippen LogP contribution in [0, 0.1) is 0 Å². The smallest absolute Gasteiger partial charge is 0.292 e. The Bertz CT molecular complexity index is 574. The number of hydrogen-bond acceptors (Lipinski definition) is 4. The van der Waals surface area contributed by atoms with Crippen LogP contribution in [0.1, 0.15) is 37.9 Å². The minimum atomic E-state index is 0.216. The molecule has 1 aromatic carbocycles. The number of nitrogens with two attached hydrogens (primary N) is 1. The zero-order valence-electron chi connectivity index (χ0n) is 11.9. The summed E-state index contributed by atoms with van der Waals surface area (Å²) in [6, 6.07) is 6.24. The van der Waals surface area contributed by atoms with E-state index >= 15 is 0 Å². The number of rotatable bonds is 4. The molecule has 102 valence electrons. The van der Waals surface area contributed by atoms with Crippen molar-refractivity contribution in [3.8, 4) is 17.1 Å². The molecule has 0 aliphatic rings. The SMILES string of the molecule is CCc1nc(N)oc1-c1ccc(OC)c(C(C)C)c1. The van der Waals surface area contributed by atoms with Gasteiger partial charge in [0.15, 0.2) is 5.76 Å². The van der Waals surface area contributed by atoms with Gasteiger partial charge in [0.05, 0.1) is 12.8 Å². The van der Waals surface area contributed by atoms with Crippen LogP contribution >= 0.6 is 0 Å². The van der Waals surface area contributed by atoms with E-state index in [1.54, 1.807) is 7.11 Å². The van der Waals surface area contributed by atoms with Gasteiger partial charge in [0.25, 0.3) is 6.01 Å². The van der Waals surface area contributed by atoms with Crippen molar-refractivity contribution in [2.45, 2.75) is 33.1 Å². The fraction of sp³-hybridized carbons (Fsp3) is 0.400. The number of aryl methyl sites for hydroxylation is 1. The monoisotopic (exact) mass is 260 g/mol. The summed E-state index contributed by atoms with van der Waals surface area (Å²) in [4.78, 5) is 4.20. The van der Waals surface area contributed by atoms with Crippen molar-refractivity contribution in [2.24, 2.45) is 0 Å². The van der Waals surface area contributed by atoms with Gasteiger partial charge in [-0.2, -0.15) is 4.98 Å². The lowest BCUT2D eigenvalue weighted by Crippen LogP contribution is -1.95. The maximum atomic E-state index is 5.64. The normalized spacial score (nSPS) is 11.0. The highest BCUT2D eigenvalue weighted by atomic mass is 16.5.